The molecule has 0 saturated heterocycles. The first-order valence-corrected chi connectivity index (χ1v) is 6.65. The van der Waals surface area contributed by atoms with Crippen LogP contribution in [0.25, 0.3) is 11.1 Å². The number of H-pyrrole nitrogens is 1. The molecule has 0 radical (unpaired) electrons. The number of nitrogens with zero attached hydrogens (tertiary/aromatic N) is 1. The first kappa shape index (κ1) is 10.8. The van der Waals surface area contributed by atoms with Gasteiger partial charge in [-0.15, -0.1) is 0 Å². The lowest BCUT2D eigenvalue weighted by Gasteiger charge is -2.18. The number of nitrogens with one attached hydrogen (secondary N) is 1. The van der Waals surface area contributed by atoms with E-state index in [1.807, 2.05) is 0 Å². The maximum absolute atomic E-state index is 5.87. The molecule has 0 bridgehead atoms. The topological polar surface area (TPSA) is 54.7 Å². The number of nitrogens with two attached hydrogens (primary N) is 1. The molecule has 3 nitrogen and oxygen atoms in total. The van der Waals surface area contributed by atoms with Crippen molar-refractivity contribution in [3.63, 3.8) is 0 Å². The van der Waals surface area contributed by atoms with Crippen molar-refractivity contribution in [1.82, 2.24) is 10.2 Å². The van der Waals surface area contributed by atoms with E-state index < -0.39 is 0 Å². The first-order chi connectivity index (χ1) is 8.25. The van der Waals surface area contributed by atoms with Gasteiger partial charge in [-0.1, -0.05) is 22.0 Å². The zero-order chi connectivity index (χ0) is 11.8. The summed E-state index contributed by atoms with van der Waals surface area (Å²) in [6.45, 7) is 0. The van der Waals surface area contributed by atoms with Gasteiger partial charge in [0.2, 0.25) is 0 Å². The minimum Gasteiger partial charge on any atom is -0.384 e. The highest BCUT2D eigenvalue weighted by Gasteiger charge is 2.15. The molecule has 0 amide bonds. The van der Waals surface area contributed by atoms with Gasteiger partial charge in [-0.2, -0.15) is 5.10 Å². The molecule has 0 fully saturated rings. The van der Waals surface area contributed by atoms with Gasteiger partial charge in [0.25, 0.3) is 0 Å². The Morgan fingerprint density at radius 3 is 2.82 bits per heavy atom. The normalized spacial score (nSPS) is 14.6. The number of hydrogen-bond acceptors (Lipinski definition) is 2. The highest BCUT2D eigenvalue weighted by Crippen LogP contribution is 2.34. The van der Waals surface area contributed by atoms with Crippen LogP contribution in [0.2, 0.25) is 0 Å². The Kier molecular flexibility index (Phi) is 2.67. The number of anilines is 1. The van der Waals surface area contributed by atoms with E-state index in [0.29, 0.717) is 5.82 Å². The Labute approximate surface area is 109 Å². The molecule has 1 aliphatic rings. The van der Waals surface area contributed by atoms with Crippen molar-refractivity contribution in [3.05, 3.63) is 33.9 Å². The molecule has 2 aromatic rings. The number of benzene rings is 1. The molecule has 1 aliphatic carbocycles. The molecule has 1 heterocycles. The lowest BCUT2D eigenvalue weighted by molar-refractivity contribution is 0.683. The third-order valence-electron chi connectivity index (χ3n) is 3.39. The molecular weight excluding hydrogens is 278 g/mol. The third-order valence-corrected chi connectivity index (χ3v) is 4.10. The highest BCUT2D eigenvalue weighted by molar-refractivity contribution is 9.10. The van der Waals surface area contributed by atoms with E-state index in [0.717, 1.165) is 11.1 Å². The minimum atomic E-state index is 0.632. The fraction of sp³-hybridized carbons (Fsp3) is 0.308. The second kappa shape index (κ2) is 4.18. The Hall–Kier alpha value is -1.29. The van der Waals surface area contributed by atoms with Gasteiger partial charge in [-0.25, -0.2) is 0 Å². The van der Waals surface area contributed by atoms with Gasteiger partial charge in [0.1, 0.15) is 5.82 Å². The Morgan fingerprint density at radius 2 is 2.06 bits per heavy atom. The zero-order valence-electron chi connectivity index (χ0n) is 9.46. The van der Waals surface area contributed by atoms with Gasteiger partial charge in [0.15, 0.2) is 0 Å². The monoisotopic (exact) mass is 291 g/mol. The molecule has 0 spiro atoms. The van der Waals surface area contributed by atoms with Gasteiger partial charge in [0, 0.05) is 10.0 Å². The van der Waals surface area contributed by atoms with E-state index in [4.69, 9.17) is 5.73 Å². The second-order valence-electron chi connectivity index (χ2n) is 4.50. The van der Waals surface area contributed by atoms with Gasteiger partial charge >= 0.3 is 0 Å². The Bertz CT molecular complexity index is 560. The van der Waals surface area contributed by atoms with Crippen molar-refractivity contribution in [3.8, 4) is 11.1 Å². The molecule has 17 heavy (non-hydrogen) atoms. The first-order valence-electron chi connectivity index (χ1n) is 5.86. The van der Waals surface area contributed by atoms with Crippen LogP contribution in [0.1, 0.15) is 24.0 Å². The Balaban J connectivity index is 2.14. The molecule has 0 atom stereocenters. The largest absolute Gasteiger partial charge is 0.384 e. The van der Waals surface area contributed by atoms with Crippen LogP contribution >= 0.6 is 15.9 Å². The van der Waals surface area contributed by atoms with E-state index >= 15 is 0 Å². The summed E-state index contributed by atoms with van der Waals surface area (Å²) >= 11 is 3.67. The molecule has 1 aromatic heterocycles. The van der Waals surface area contributed by atoms with Crippen LogP contribution in [0.4, 0.5) is 5.82 Å². The molecule has 88 valence electrons. The third kappa shape index (κ3) is 1.86. The second-order valence-corrected chi connectivity index (χ2v) is 5.35. The maximum atomic E-state index is 5.87. The quantitative estimate of drug-likeness (QED) is 0.847. The fourth-order valence-corrected chi connectivity index (χ4v) is 3.19. The van der Waals surface area contributed by atoms with Crippen molar-refractivity contribution in [1.29, 1.82) is 0 Å². The van der Waals surface area contributed by atoms with Gasteiger partial charge in [0.05, 0.1) is 6.20 Å². The summed E-state index contributed by atoms with van der Waals surface area (Å²) in [7, 11) is 0. The molecule has 0 saturated carbocycles. The summed E-state index contributed by atoms with van der Waals surface area (Å²) in [4.78, 5) is 0. The van der Waals surface area contributed by atoms with E-state index in [1.54, 1.807) is 6.20 Å². The van der Waals surface area contributed by atoms with E-state index in [9.17, 15) is 0 Å². The van der Waals surface area contributed by atoms with Crippen LogP contribution in [-0.4, -0.2) is 10.2 Å². The van der Waals surface area contributed by atoms with Crippen LogP contribution < -0.4 is 5.73 Å². The molecule has 0 aliphatic heterocycles. The van der Waals surface area contributed by atoms with Crippen molar-refractivity contribution < 1.29 is 0 Å². The predicted molar refractivity (Wildman–Crippen MR) is 72.8 cm³/mol. The molecule has 4 heteroatoms. The number of halogens is 1. The minimum absolute atomic E-state index is 0.632. The zero-order valence-corrected chi connectivity index (χ0v) is 11.0. The molecule has 3 rings (SSSR count). The summed E-state index contributed by atoms with van der Waals surface area (Å²) < 4.78 is 1.20. The number of aromatic nitrogens is 2. The fourth-order valence-electron chi connectivity index (χ4n) is 2.50. The molecule has 3 N–H and O–H groups in total. The Morgan fingerprint density at radius 1 is 1.24 bits per heavy atom. The number of hydrogen-bond donors (Lipinski definition) is 2. The van der Waals surface area contributed by atoms with Crippen molar-refractivity contribution in [2.24, 2.45) is 0 Å². The maximum Gasteiger partial charge on any atom is 0.126 e. The lowest BCUT2D eigenvalue weighted by Crippen LogP contribution is -2.03. The van der Waals surface area contributed by atoms with Crippen LogP contribution in [0.3, 0.4) is 0 Å². The predicted octanol–water partition coefficient (Wildman–Crippen LogP) is 3.30. The van der Waals surface area contributed by atoms with Crippen molar-refractivity contribution >= 4 is 21.7 Å². The van der Waals surface area contributed by atoms with Crippen LogP contribution in [-0.2, 0) is 12.8 Å². The van der Waals surface area contributed by atoms with Crippen LogP contribution in [0.15, 0.2) is 22.8 Å². The van der Waals surface area contributed by atoms with Crippen LogP contribution in [0, 0.1) is 0 Å². The highest BCUT2D eigenvalue weighted by atomic mass is 79.9. The van der Waals surface area contributed by atoms with E-state index in [-0.39, 0.29) is 0 Å². The summed E-state index contributed by atoms with van der Waals surface area (Å²) in [5.41, 5.74) is 10.9. The van der Waals surface area contributed by atoms with Crippen molar-refractivity contribution in [2.45, 2.75) is 25.7 Å². The van der Waals surface area contributed by atoms with Crippen molar-refractivity contribution in [2.75, 3.05) is 5.73 Å². The summed E-state index contributed by atoms with van der Waals surface area (Å²) in [6, 6.07) is 4.39. The molecular formula is C13H14BrN3. The van der Waals surface area contributed by atoms with Gasteiger partial charge < -0.3 is 5.73 Å². The summed E-state index contributed by atoms with van der Waals surface area (Å²) in [6.07, 6.45) is 6.70. The summed E-state index contributed by atoms with van der Waals surface area (Å²) in [5, 5.41) is 6.75. The number of fused-ring (bicyclic) bond motifs is 1. The van der Waals surface area contributed by atoms with E-state index in [2.05, 4.69) is 38.3 Å². The van der Waals surface area contributed by atoms with E-state index in [1.165, 1.54) is 41.3 Å². The SMILES string of the molecule is Nc1[nH]ncc1-c1cc(Br)c2c(c1)CCCC2. The lowest BCUT2D eigenvalue weighted by atomic mass is 9.89. The van der Waals surface area contributed by atoms with Crippen LogP contribution in [0.5, 0.6) is 0 Å². The number of aromatic amines is 1. The average Bonchev–Trinajstić information content (AvgIpc) is 2.75. The standard InChI is InChI=1S/C13H14BrN3/c14-12-6-9(11-7-16-17-13(11)15)5-8-3-1-2-4-10(8)12/h5-7H,1-4H2,(H3,15,16,17). The number of nitrogen functional groups attached to an aromatic ring is 1. The number of aryl methyl sites for hydroxylation is 1. The summed E-state index contributed by atoms with van der Waals surface area (Å²) in [5.74, 6) is 0.632. The van der Waals surface area contributed by atoms with Gasteiger partial charge in [-0.05, 0) is 48.4 Å². The van der Waals surface area contributed by atoms with Gasteiger partial charge in [-0.3, -0.25) is 5.10 Å². The average molecular weight is 292 g/mol. The molecule has 1 aromatic carbocycles. The smallest absolute Gasteiger partial charge is 0.126 e. The number of rotatable bonds is 1. The molecule has 0 unspecified atom stereocenters.